The third kappa shape index (κ3) is 4.34. The minimum atomic E-state index is -4.50. The molecule has 1 amide bonds. The first-order chi connectivity index (χ1) is 13.6. The summed E-state index contributed by atoms with van der Waals surface area (Å²) < 4.78 is 49.8. The van der Waals surface area contributed by atoms with Crippen LogP contribution in [-0.4, -0.2) is 41.4 Å². The Kier molecular flexibility index (Phi) is 5.79. The summed E-state index contributed by atoms with van der Waals surface area (Å²) in [6, 6.07) is 4.74. The first-order valence-corrected chi connectivity index (χ1v) is 9.13. The van der Waals surface area contributed by atoms with Gasteiger partial charge < -0.3 is 24.3 Å². The van der Waals surface area contributed by atoms with Crippen LogP contribution in [-0.2, 0) is 6.18 Å². The minimum Gasteiger partial charge on any atom is -0.496 e. The molecule has 0 bridgehead atoms. The molecule has 0 spiro atoms. The number of rotatable bonds is 4. The van der Waals surface area contributed by atoms with Gasteiger partial charge in [-0.1, -0.05) is 0 Å². The Morgan fingerprint density at radius 2 is 2.07 bits per heavy atom. The number of amides is 1. The third-order valence-corrected chi connectivity index (χ3v) is 5.18. The van der Waals surface area contributed by atoms with Crippen molar-refractivity contribution in [3.63, 3.8) is 0 Å². The average Bonchev–Trinajstić information content (AvgIpc) is 3.07. The quantitative estimate of drug-likeness (QED) is 0.759. The molecule has 2 aromatic rings. The topological polar surface area (TPSA) is 83.1 Å². The maximum atomic E-state index is 13.0. The lowest BCUT2D eigenvalue weighted by atomic mass is 9.91. The molecule has 1 aromatic heterocycles. The normalized spacial score (nSPS) is 18.6. The van der Waals surface area contributed by atoms with Crippen LogP contribution < -0.4 is 4.74 Å². The summed E-state index contributed by atoms with van der Waals surface area (Å²) in [5.74, 6) is 0.230. The number of hydrogen-bond acceptors (Lipinski definition) is 4. The highest BCUT2D eigenvalue weighted by molar-refractivity contribution is 5.69. The molecule has 2 heterocycles. The number of aliphatic hydroxyl groups is 1. The summed E-state index contributed by atoms with van der Waals surface area (Å²) in [6.45, 7) is 2.33. The predicted molar refractivity (Wildman–Crippen MR) is 97.7 cm³/mol. The number of ether oxygens (including phenoxy) is 1. The lowest BCUT2D eigenvalue weighted by Crippen LogP contribution is -2.40. The molecule has 158 valence electrons. The SMILES string of the molecule is COc1cc(C(F)(F)F)ccc1-c1oc([C@H](O)C2CCCN(C(=O)O)C2)cc1C. The molecular formula is C20H22F3NO5. The van der Waals surface area contributed by atoms with Crippen molar-refractivity contribution in [1.82, 2.24) is 4.90 Å². The van der Waals surface area contributed by atoms with Crippen molar-refractivity contribution in [2.45, 2.75) is 32.0 Å². The number of piperidine rings is 1. The van der Waals surface area contributed by atoms with Gasteiger partial charge in [0, 0.05) is 19.0 Å². The Balaban J connectivity index is 1.90. The number of likely N-dealkylation sites (tertiary alicyclic amines) is 1. The van der Waals surface area contributed by atoms with Crippen molar-refractivity contribution < 1.29 is 37.3 Å². The van der Waals surface area contributed by atoms with Crippen molar-refractivity contribution in [1.29, 1.82) is 0 Å². The van der Waals surface area contributed by atoms with Crippen LogP contribution in [0.5, 0.6) is 5.75 Å². The largest absolute Gasteiger partial charge is 0.496 e. The van der Waals surface area contributed by atoms with Gasteiger partial charge in [-0.3, -0.25) is 0 Å². The van der Waals surface area contributed by atoms with Crippen LogP contribution in [0.4, 0.5) is 18.0 Å². The number of aryl methyl sites for hydroxylation is 1. The van der Waals surface area contributed by atoms with Gasteiger partial charge >= 0.3 is 12.3 Å². The van der Waals surface area contributed by atoms with Crippen molar-refractivity contribution in [2.24, 2.45) is 5.92 Å². The molecule has 2 N–H and O–H groups in total. The van der Waals surface area contributed by atoms with Gasteiger partial charge in [0.1, 0.15) is 23.4 Å². The Labute approximate surface area is 165 Å². The Morgan fingerprint density at radius 3 is 2.69 bits per heavy atom. The van der Waals surface area contributed by atoms with Gasteiger partial charge in [0.25, 0.3) is 0 Å². The smallest absolute Gasteiger partial charge is 0.416 e. The van der Waals surface area contributed by atoms with E-state index in [1.165, 1.54) is 18.1 Å². The van der Waals surface area contributed by atoms with E-state index in [4.69, 9.17) is 14.3 Å². The van der Waals surface area contributed by atoms with Gasteiger partial charge in [-0.15, -0.1) is 0 Å². The predicted octanol–water partition coefficient (Wildman–Crippen LogP) is 4.71. The summed E-state index contributed by atoms with van der Waals surface area (Å²) in [5.41, 5.74) is 0.133. The van der Waals surface area contributed by atoms with Crippen molar-refractivity contribution in [3.05, 3.63) is 41.2 Å². The van der Waals surface area contributed by atoms with Gasteiger partial charge in [-0.05, 0) is 49.6 Å². The molecule has 3 rings (SSSR count). The lowest BCUT2D eigenvalue weighted by molar-refractivity contribution is -0.137. The molecule has 29 heavy (non-hydrogen) atoms. The first-order valence-electron chi connectivity index (χ1n) is 9.13. The minimum absolute atomic E-state index is 0.00744. The second-order valence-electron chi connectivity index (χ2n) is 7.15. The number of furan rings is 1. The molecule has 1 unspecified atom stereocenters. The van der Waals surface area contributed by atoms with Crippen LogP contribution >= 0.6 is 0 Å². The molecule has 6 nitrogen and oxygen atoms in total. The van der Waals surface area contributed by atoms with Crippen LogP contribution in [0.1, 0.15) is 35.8 Å². The monoisotopic (exact) mass is 413 g/mol. The molecule has 1 aliphatic rings. The highest BCUT2D eigenvalue weighted by Gasteiger charge is 2.33. The number of alkyl halides is 3. The van der Waals surface area contributed by atoms with Crippen molar-refractivity contribution >= 4 is 6.09 Å². The summed E-state index contributed by atoms with van der Waals surface area (Å²) in [4.78, 5) is 12.5. The molecule has 1 aromatic carbocycles. The number of hydrogen-bond donors (Lipinski definition) is 2. The molecule has 0 aliphatic carbocycles. The summed E-state index contributed by atoms with van der Waals surface area (Å²) >= 11 is 0. The number of nitrogens with zero attached hydrogens (tertiary/aromatic N) is 1. The lowest BCUT2D eigenvalue weighted by Gasteiger charge is -2.32. The van der Waals surface area contributed by atoms with Crippen LogP contribution in [0, 0.1) is 12.8 Å². The van der Waals surface area contributed by atoms with Crippen LogP contribution in [0.2, 0.25) is 0 Å². The fraction of sp³-hybridized carbons (Fsp3) is 0.450. The van der Waals surface area contributed by atoms with Crippen molar-refractivity contribution in [3.8, 4) is 17.1 Å². The summed E-state index contributed by atoms with van der Waals surface area (Å²) in [6.07, 6.45) is -5.28. The van der Waals surface area contributed by atoms with E-state index in [1.54, 1.807) is 13.0 Å². The second kappa shape index (κ2) is 7.98. The fourth-order valence-electron chi connectivity index (χ4n) is 3.65. The highest BCUT2D eigenvalue weighted by atomic mass is 19.4. The molecule has 2 atom stereocenters. The number of benzene rings is 1. The maximum absolute atomic E-state index is 13.0. The van der Waals surface area contributed by atoms with Crippen LogP contribution in [0.25, 0.3) is 11.3 Å². The maximum Gasteiger partial charge on any atom is 0.416 e. The number of carboxylic acid groups (broad SMARTS) is 1. The molecule has 1 saturated heterocycles. The Bertz CT molecular complexity index is 893. The zero-order valence-corrected chi connectivity index (χ0v) is 16.0. The van der Waals surface area contributed by atoms with Gasteiger partial charge in [0.05, 0.1) is 18.2 Å². The number of aliphatic hydroxyl groups excluding tert-OH is 1. The molecule has 0 saturated carbocycles. The molecule has 9 heteroatoms. The third-order valence-electron chi connectivity index (χ3n) is 5.18. The Morgan fingerprint density at radius 1 is 1.34 bits per heavy atom. The molecular weight excluding hydrogens is 391 g/mol. The van der Waals surface area contributed by atoms with E-state index in [0.717, 1.165) is 12.1 Å². The number of methoxy groups -OCH3 is 1. The second-order valence-corrected chi connectivity index (χ2v) is 7.15. The highest BCUT2D eigenvalue weighted by Crippen LogP contribution is 2.41. The van der Waals surface area contributed by atoms with E-state index >= 15 is 0 Å². The zero-order chi connectivity index (χ0) is 21.3. The van der Waals surface area contributed by atoms with Gasteiger partial charge in [-0.25, -0.2) is 4.79 Å². The van der Waals surface area contributed by atoms with Crippen molar-refractivity contribution in [2.75, 3.05) is 20.2 Å². The fourth-order valence-corrected chi connectivity index (χ4v) is 3.65. The number of carbonyl (C=O) groups is 1. The van der Waals surface area contributed by atoms with E-state index in [0.29, 0.717) is 36.3 Å². The van der Waals surface area contributed by atoms with Crippen LogP contribution in [0.3, 0.4) is 0 Å². The summed E-state index contributed by atoms with van der Waals surface area (Å²) in [5, 5.41) is 19.9. The van der Waals surface area contributed by atoms with Gasteiger partial charge in [0.2, 0.25) is 0 Å². The number of halogens is 3. The Hall–Kier alpha value is -2.68. The average molecular weight is 413 g/mol. The van der Waals surface area contributed by atoms with E-state index in [1.807, 2.05) is 0 Å². The zero-order valence-electron chi connectivity index (χ0n) is 16.0. The van der Waals surface area contributed by atoms with E-state index in [2.05, 4.69) is 0 Å². The first kappa shape index (κ1) is 21.0. The molecule has 1 aliphatic heterocycles. The summed E-state index contributed by atoms with van der Waals surface area (Å²) in [7, 11) is 1.27. The van der Waals surface area contributed by atoms with E-state index in [9.17, 15) is 23.1 Å². The standard InChI is InChI=1S/C20H22F3NO5/c1-11-8-16(17(25)12-4-3-7-24(10-12)19(26)27)29-18(11)14-6-5-13(20(21,22)23)9-15(14)28-2/h5-6,8-9,12,17,25H,3-4,7,10H2,1-2H3,(H,26,27)/t12?,17-/m1/s1. The molecule has 0 radical (unpaired) electrons. The van der Waals surface area contributed by atoms with E-state index in [-0.39, 0.29) is 24.0 Å². The van der Waals surface area contributed by atoms with Crippen LogP contribution in [0.15, 0.2) is 28.7 Å². The van der Waals surface area contributed by atoms with E-state index < -0.39 is 23.9 Å². The van der Waals surface area contributed by atoms with Gasteiger partial charge in [0.15, 0.2) is 0 Å². The van der Waals surface area contributed by atoms with Gasteiger partial charge in [-0.2, -0.15) is 13.2 Å². The molecule has 1 fully saturated rings.